The smallest absolute Gasteiger partial charge is 0.267 e. The molecule has 1 heterocycles. The number of methoxy groups -OCH3 is 2. The second kappa shape index (κ2) is 5.56. The van der Waals surface area contributed by atoms with Crippen LogP contribution >= 0.6 is 0 Å². The van der Waals surface area contributed by atoms with Crippen molar-refractivity contribution in [2.45, 2.75) is 0 Å². The van der Waals surface area contributed by atoms with Crippen LogP contribution in [0.5, 0.6) is 11.5 Å². The Morgan fingerprint density at radius 1 is 1.15 bits per heavy atom. The van der Waals surface area contributed by atoms with Crippen LogP contribution in [0.3, 0.4) is 0 Å². The molecule has 0 radical (unpaired) electrons. The number of hydrogen-bond donors (Lipinski definition) is 1. The van der Waals surface area contributed by atoms with Crippen molar-refractivity contribution >= 4 is 5.91 Å². The number of amides is 1. The van der Waals surface area contributed by atoms with Crippen molar-refractivity contribution in [1.82, 2.24) is 4.98 Å². The zero-order valence-corrected chi connectivity index (χ0v) is 11.0. The van der Waals surface area contributed by atoms with Crippen LogP contribution < -0.4 is 15.2 Å². The number of hydrogen-bond acceptors (Lipinski definition) is 4. The summed E-state index contributed by atoms with van der Waals surface area (Å²) in [5.41, 5.74) is 5.50. The quantitative estimate of drug-likeness (QED) is 0.926. The summed E-state index contributed by atoms with van der Waals surface area (Å²) in [5.74, 6) is -0.628. The van der Waals surface area contributed by atoms with Gasteiger partial charge in [0.2, 0.25) is 0 Å². The van der Waals surface area contributed by atoms with Crippen LogP contribution in [0.15, 0.2) is 30.3 Å². The molecule has 2 rings (SSSR count). The van der Waals surface area contributed by atoms with Crippen molar-refractivity contribution in [2.24, 2.45) is 5.73 Å². The second-order valence-corrected chi connectivity index (χ2v) is 3.93. The number of halogens is 1. The number of nitrogens with two attached hydrogens (primary N) is 1. The third-order valence-corrected chi connectivity index (χ3v) is 2.76. The van der Waals surface area contributed by atoms with Crippen LogP contribution in [0.25, 0.3) is 11.3 Å². The van der Waals surface area contributed by atoms with Crippen molar-refractivity contribution < 1.29 is 18.7 Å². The third-order valence-electron chi connectivity index (χ3n) is 2.76. The maximum absolute atomic E-state index is 14.1. The van der Waals surface area contributed by atoms with Gasteiger partial charge in [-0.15, -0.1) is 0 Å². The Bertz CT molecular complexity index is 659. The molecule has 0 aliphatic carbocycles. The molecule has 0 aliphatic rings. The Morgan fingerprint density at radius 2 is 1.85 bits per heavy atom. The molecule has 0 bridgehead atoms. The summed E-state index contributed by atoms with van der Waals surface area (Å²) in [4.78, 5) is 15.3. The fraction of sp³-hybridized carbons (Fsp3) is 0.143. The molecule has 20 heavy (non-hydrogen) atoms. The van der Waals surface area contributed by atoms with E-state index in [4.69, 9.17) is 15.2 Å². The minimum absolute atomic E-state index is 0.0195. The number of nitrogens with zero attached hydrogens (tertiary/aromatic N) is 1. The lowest BCUT2D eigenvalue weighted by Crippen LogP contribution is -2.13. The van der Waals surface area contributed by atoms with Crippen molar-refractivity contribution in [3.8, 4) is 22.8 Å². The Balaban J connectivity index is 2.73. The van der Waals surface area contributed by atoms with E-state index < -0.39 is 11.7 Å². The molecule has 104 valence electrons. The molecule has 0 aliphatic heterocycles. The van der Waals surface area contributed by atoms with E-state index in [0.29, 0.717) is 5.75 Å². The number of carbonyl (C=O) groups excluding carboxylic acids is 1. The number of benzene rings is 1. The lowest BCUT2D eigenvalue weighted by Gasteiger charge is -2.13. The number of aromatic nitrogens is 1. The number of carbonyl (C=O) groups is 1. The van der Waals surface area contributed by atoms with E-state index in [0.717, 1.165) is 0 Å². The molecule has 1 amide bonds. The van der Waals surface area contributed by atoms with E-state index in [1.807, 2.05) is 0 Å². The first-order valence-electron chi connectivity index (χ1n) is 5.76. The second-order valence-electron chi connectivity index (χ2n) is 3.93. The highest BCUT2D eigenvalue weighted by atomic mass is 19.1. The van der Waals surface area contributed by atoms with E-state index >= 15 is 0 Å². The van der Waals surface area contributed by atoms with Crippen molar-refractivity contribution in [2.75, 3.05) is 14.2 Å². The first-order chi connectivity index (χ1) is 9.58. The average molecular weight is 276 g/mol. The molecule has 0 saturated heterocycles. The van der Waals surface area contributed by atoms with Gasteiger partial charge in [-0.1, -0.05) is 6.07 Å². The summed E-state index contributed by atoms with van der Waals surface area (Å²) < 4.78 is 24.4. The highest BCUT2D eigenvalue weighted by Gasteiger charge is 2.19. The van der Waals surface area contributed by atoms with Crippen LogP contribution in [-0.4, -0.2) is 25.1 Å². The van der Waals surface area contributed by atoms with Gasteiger partial charge in [0.15, 0.2) is 0 Å². The van der Waals surface area contributed by atoms with E-state index in [1.165, 1.54) is 38.5 Å². The average Bonchev–Trinajstić information content (AvgIpc) is 2.46. The minimum atomic E-state index is -0.704. The fourth-order valence-electron chi connectivity index (χ4n) is 1.83. The van der Waals surface area contributed by atoms with Gasteiger partial charge in [0, 0.05) is 0 Å². The van der Waals surface area contributed by atoms with Gasteiger partial charge in [-0.2, -0.15) is 0 Å². The molecule has 0 spiro atoms. The summed E-state index contributed by atoms with van der Waals surface area (Å²) in [6.07, 6.45) is 0. The molecule has 0 atom stereocenters. The summed E-state index contributed by atoms with van der Waals surface area (Å²) >= 11 is 0. The number of rotatable bonds is 4. The predicted octanol–water partition coefficient (Wildman–Crippen LogP) is 2.00. The van der Waals surface area contributed by atoms with E-state index in [1.54, 1.807) is 6.07 Å². The molecule has 0 fully saturated rings. The molecule has 2 N–H and O–H groups in total. The highest BCUT2D eigenvalue weighted by Crippen LogP contribution is 2.36. The largest absolute Gasteiger partial charge is 0.496 e. The van der Waals surface area contributed by atoms with Gasteiger partial charge in [-0.25, -0.2) is 9.37 Å². The molecule has 5 nitrogen and oxygen atoms in total. The molecule has 0 unspecified atom stereocenters. The summed E-state index contributed by atoms with van der Waals surface area (Å²) in [6, 6.07) is 7.31. The molecule has 2 aromatic rings. The van der Waals surface area contributed by atoms with Gasteiger partial charge in [0.05, 0.1) is 19.8 Å². The van der Waals surface area contributed by atoms with E-state index in [-0.39, 0.29) is 22.7 Å². The molecule has 6 heteroatoms. The van der Waals surface area contributed by atoms with Gasteiger partial charge >= 0.3 is 0 Å². The zero-order chi connectivity index (χ0) is 14.7. The first kappa shape index (κ1) is 13.8. The van der Waals surface area contributed by atoms with Crippen LogP contribution in [0, 0.1) is 5.82 Å². The van der Waals surface area contributed by atoms with Gasteiger partial charge < -0.3 is 15.2 Å². The van der Waals surface area contributed by atoms with Crippen LogP contribution in [0.4, 0.5) is 4.39 Å². The van der Waals surface area contributed by atoms with Gasteiger partial charge in [-0.3, -0.25) is 4.79 Å². The lowest BCUT2D eigenvalue weighted by atomic mass is 10.1. The first-order valence-corrected chi connectivity index (χ1v) is 5.76. The molecule has 0 saturated carbocycles. The van der Waals surface area contributed by atoms with Crippen LogP contribution in [0.2, 0.25) is 0 Å². The highest BCUT2D eigenvalue weighted by molar-refractivity contribution is 5.92. The standard InChI is InChI=1S/C14H13FN2O3/c1-19-10-5-3-4-8(15)12(10)13-11(20-2)7-6-9(17-13)14(16)18/h3-7H,1-2H3,(H2,16,18). The van der Waals surface area contributed by atoms with Crippen LogP contribution in [-0.2, 0) is 0 Å². The molecular weight excluding hydrogens is 263 g/mol. The SMILES string of the molecule is COc1ccc(C(N)=O)nc1-c1c(F)cccc1OC. The van der Waals surface area contributed by atoms with Gasteiger partial charge in [0.1, 0.15) is 28.7 Å². The summed E-state index contributed by atoms with van der Waals surface area (Å²) in [7, 11) is 2.85. The van der Waals surface area contributed by atoms with Gasteiger partial charge in [0.25, 0.3) is 5.91 Å². The Morgan fingerprint density at radius 3 is 2.45 bits per heavy atom. The number of primary amides is 1. The minimum Gasteiger partial charge on any atom is -0.496 e. The van der Waals surface area contributed by atoms with Crippen LogP contribution in [0.1, 0.15) is 10.5 Å². The molecule has 1 aromatic heterocycles. The maximum Gasteiger partial charge on any atom is 0.267 e. The molecular formula is C14H13FN2O3. The zero-order valence-electron chi connectivity index (χ0n) is 11.0. The van der Waals surface area contributed by atoms with Crippen molar-refractivity contribution in [1.29, 1.82) is 0 Å². The van der Waals surface area contributed by atoms with Crippen molar-refractivity contribution in [3.63, 3.8) is 0 Å². The molecule has 1 aromatic carbocycles. The lowest BCUT2D eigenvalue weighted by molar-refractivity contribution is 0.0995. The topological polar surface area (TPSA) is 74.4 Å². The normalized spacial score (nSPS) is 10.2. The number of pyridine rings is 1. The Kier molecular flexibility index (Phi) is 3.84. The van der Waals surface area contributed by atoms with E-state index in [2.05, 4.69) is 4.98 Å². The summed E-state index contributed by atoms with van der Waals surface area (Å²) in [6.45, 7) is 0. The third kappa shape index (κ3) is 2.40. The number of ether oxygens (including phenoxy) is 2. The Hall–Kier alpha value is -2.63. The predicted molar refractivity (Wildman–Crippen MR) is 71.3 cm³/mol. The Labute approximate surface area is 115 Å². The fourth-order valence-corrected chi connectivity index (χ4v) is 1.83. The summed E-state index contributed by atoms with van der Waals surface area (Å²) in [5, 5.41) is 0. The monoisotopic (exact) mass is 276 g/mol. The van der Waals surface area contributed by atoms with Gasteiger partial charge in [-0.05, 0) is 24.3 Å². The maximum atomic E-state index is 14.1. The van der Waals surface area contributed by atoms with E-state index in [9.17, 15) is 9.18 Å². The van der Waals surface area contributed by atoms with Crippen molar-refractivity contribution in [3.05, 3.63) is 41.8 Å².